The van der Waals surface area contributed by atoms with Crippen molar-refractivity contribution in [3.05, 3.63) is 174 Å². The van der Waals surface area contributed by atoms with Crippen molar-refractivity contribution < 1.29 is 0 Å². The van der Waals surface area contributed by atoms with Crippen molar-refractivity contribution in [2.45, 2.75) is 19.8 Å². The van der Waals surface area contributed by atoms with E-state index in [0.29, 0.717) is 0 Å². The number of fused-ring (bicyclic) bond motifs is 6. The summed E-state index contributed by atoms with van der Waals surface area (Å²) in [7, 11) is 0. The van der Waals surface area contributed by atoms with E-state index in [1.807, 2.05) is 12.3 Å². The number of benzene rings is 6. The van der Waals surface area contributed by atoms with Crippen molar-refractivity contribution in [1.29, 1.82) is 0 Å². The SMILES string of the molecule is C=Cc1c(/C=C\C)c(-c2cccc(C3=Cc4ccc5c6ccc(C7=NC=C7)cc6n(-c6ccccc6)c5c4CC3)c2)cc2ccccc12. The molecular formula is C46H34N2. The lowest BCUT2D eigenvalue weighted by atomic mass is 9.85. The molecule has 1 aliphatic carbocycles. The predicted octanol–water partition coefficient (Wildman–Crippen LogP) is 12.1. The number of hydrogen-bond acceptors (Lipinski definition) is 1. The van der Waals surface area contributed by atoms with E-state index in [0.717, 1.165) is 24.1 Å². The number of hydrogen-bond donors (Lipinski definition) is 0. The lowest BCUT2D eigenvalue weighted by Gasteiger charge is -2.20. The summed E-state index contributed by atoms with van der Waals surface area (Å²) < 4.78 is 2.47. The van der Waals surface area contributed by atoms with E-state index in [1.54, 1.807) is 0 Å². The maximum atomic E-state index is 4.48. The van der Waals surface area contributed by atoms with Gasteiger partial charge in [0.2, 0.25) is 0 Å². The highest BCUT2D eigenvalue weighted by atomic mass is 15.0. The summed E-state index contributed by atoms with van der Waals surface area (Å²) in [6.45, 7) is 6.28. The molecule has 9 rings (SSSR count). The van der Waals surface area contributed by atoms with Gasteiger partial charge >= 0.3 is 0 Å². The predicted molar refractivity (Wildman–Crippen MR) is 207 cm³/mol. The summed E-state index contributed by atoms with van der Waals surface area (Å²) in [5, 5.41) is 5.04. The minimum absolute atomic E-state index is 0.981. The molecule has 228 valence electrons. The van der Waals surface area contributed by atoms with E-state index < -0.39 is 0 Å². The summed E-state index contributed by atoms with van der Waals surface area (Å²) in [6.07, 6.45) is 14.7. The molecule has 0 atom stereocenters. The Hall–Kier alpha value is -5.99. The van der Waals surface area contributed by atoms with Gasteiger partial charge in [0.1, 0.15) is 0 Å². The van der Waals surface area contributed by atoms with Crippen molar-refractivity contribution in [2.24, 2.45) is 4.99 Å². The van der Waals surface area contributed by atoms with Crippen LogP contribution in [-0.2, 0) is 6.42 Å². The largest absolute Gasteiger partial charge is 0.309 e. The Kier molecular flexibility index (Phi) is 6.69. The molecule has 0 saturated carbocycles. The van der Waals surface area contributed by atoms with Crippen LogP contribution in [0, 0.1) is 0 Å². The highest BCUT2D eigenvalue weighted by Gasteiger charge is 2.22. The first-order valence-corrected chi connectivity index (χ1v) is 16.7. The quantitative estimate of drug-likeness (QED) is 0.177. The molecule has 0 bridgehead atoms. The van der Waals surface area contributed by atoms with E-state index in [4.69, 9.17) is 0 Å². The number of nitrogens with zero attached hydrogens (tertiary/aromatic N) is 2. The normalized spacial score (nSPS) is 13.9. The fourth-order valence-corrected chi connectivity index (χ4v) is 7.74. The topological polar surface area (TPSA) is 17.3 Å². The van der Waals surface area contributed by atoms with Gasteiger partial charge in [0.05, 0.1) is 16.7 Å². The van der Waals surface area contributed by atoms with Crippen molar-refractivity contribution in [3.63, 3.8) is 0 Å². The lowest BCUT2D eigenvalue weighted by molar-refractivity contribution is 0.999. The second kappa shape index (κ2) is 11.4. The van der Waals surface area contributed by atoms with E-state index in [2.05, 4.69) is 163 Å². The van der Waals surface area contributed by atoms with Crippen LogP contribution in [0.5, 0.6) is 0 Å². The third-order valence-corrected chi connectivity index (χ3v) is 10.0. The minimum Gasteiger partial charge on any atom is -0.309 e. The van der Waals surface area contributed by atoms with Gasteiger partial charge < -0.3 is 4.57 Å². The van der Waals surface area contributed by atoms with Gasteiger partial charge in [-0.2, -0.15) is 0 Å². The van der Waals surface area contributed by atoms with Crippen LogP contribution >= 0.6 is 0 Å². The summed E-state index contributed by atoms with van der Waals surface area (Å²) in [4.78, 5) is 4.48. The minimum atomic E-state index is 0.981. The molecule has 1 aromatic heterocycles. The van der Waals surface area contributed by atoms with Crippen molar-refractivity contribution in [2.75, 3.05) is 0 Å². The molecule has 2 heterocycles. The molecule has 0 radical (unpaired) electrons. The first-order chi connectivity index (χ1) is 23.7. The molecule has 2 aliphatic rings. The Balaban J connectivity index is 1.20. The molecule has 0 saturated heterocycles. The Morgan fingerprint density at radius 3 is 2.33 bits per heavy atom. The third-order valence-electron chi connectivity index (χ3n) is 10.0. The van der Waals surface area contributed by atoms with Crippen LogP contribution in [0.15, 0.2) is 145 Å². The average Bonchev–Trinajstić information content (AvgIpc) is 3.45. The second-order valence-corrected chi connectivity index (χ2v) is 12.7. The Morgan fingerprint density at radius 2 is 1.52 bits per heavy atom. The summed E-state index contributed by atoms with van der Waals surface area (Å²) in [5.41, 5.74) is 16.1. The van der Waals surface area contributed by atoms with Crippen LogP contribution in [0.1, 0.15) is 46.7 Å². The number of para-hydroxylation sites is 1. The van der Waals surface area contributed by atoms with Crippen LogP contribution < -0.4 is 0 Å². The van der Waals surface area contributed by atoms with E-state index >= 15 is 0 Å². The maximum Gasteiger partial charge on any atom is 0.0718 e. The van der Waals surface area contributed by atoms with Gasteiger partial charge in [-0.25, -0.2) is 0 Å². The molecule has 0 N–H and O–H groups in total. The molecule has 7 aromatic rings. The van der Waals surface area contributed by atoms with Crippen LogP contribution in [0.3, 0.4) is 0 Å². The standard InChI is InChI=1S/C46H34N2/c1-3-11-40-37(4-2)38-17-9-8-12-33(38)28-43(40)32-14-10-13-30(26-32)31-18-21-39-34(27-31)19-23-42-41-22-20-35(44-24-25-47-44)29-45(41)48(46(39)42)36-15-6-5-7-16-36/h3-17,19-20,22-29H,2,18,21H2,1H3/b11-3-. The van der Waals surface area contributed by atoms with Crippen LogP contribution in [0.2, 0.25) is 0 Å². The van der Waals surface area contributed by atoms with E-state index in [9.17, 15) is 0 Å². The Morgan fingerprint density at radius 1 is 0.708 bits per heavy atom. The first kappa shape index (κ1) is 28.3. The molecule has 48 heavy (non-hydrogen) atoms. The second-order valence-electron chi connectivity index (χ2n) is 12.7. The Bertz CT molecular complexity index is 2570. The van der Waals surface area contributed by atoms with Crippen molar-refractivity contribution >= 4 is 62.1 Å². The third kappa shape index (κ3) is 4.45. The number of aryl methyl sites for hydroxylation is 1. The Labute approximate surface area is 281 Å². The van der Waals surface area contributed by atoms with Crippen molar-refractivity contribution in [1.82, 2.24) is 4.57 Å². The van der Waals surface area contributed by atoms with Gasteiger partial charge in [-0.05, 0) is 111 Å². The van der Waals surface area contributed by atoms with Crippen LogP contribution in [-0.4, -0.2) is 10.3 Å². The zero-order valence-electron chi connectivity index (χ0n) is 26.9. The van der Waals surface area contributed by atoms with Gasteiger partial charge in [0.15, 0.2) is 0 Å². The monoisotopic (exact) mass is 614 g/mol. The number of aromatic nitrogens is 1. The van der Waals surface area contributed by atoms with Crippen LogP contribution in [0.4, 0.5) is 0 Å². The fraction of sp³-hybridized carbons (Fsp3) is 0.0652. The van der Waals surface area contributed by atoms with Gasteiger partial charge in [-0.15, -0.1) is 0 Å². The highest BCUT2D eigenvalue weighted by molar-refractivity contribution is 6.17. The number of rotatable bonds is 6. The van der Waals surface area contributed by atoms with E-state index in [-0.39, 0.29) is 0 Å². The molecule has 0 amide bonds. The molecule has 2 nitrogen and oxygen atoms in total. The van der Waals surface area contributed by atoms with Gasteiger partial charge in [0.25, 0.3) is 0 Å². The maximum absolute atomic E-state index is 4.48. The molecule has 0 fully saturated rings. The number of allylic oxidation sites excluding steroid dienone is 3. The smallest absolute Gasteiger partial charge is 0.0718 e. The summed E-state index contributed by atoms with van der Waals surface area (Å²) in [6, 6.07) is 42.2. The van der Waals surface area contributed by atoms with Crippen molar-refractivity contribution in [3.8, 4) is 16.8 Å². The molecule has 2 heteroatoms. The van der Waals surface area contributed by atoms with Crippen LogP contribution in [0.25, 0.3) is 73.2 Å². The summed E-state index contributed by atoms with van der Waals surface area (Å²) in [5.74, 6) is 0. The molecule has 1 aliphatic heterocycles. The van der Waals surface area contributed by atoms with E-state index in [1.165, 1.54) is 82.8 Å². The molecule has 6 aromatic carbocycles. The molecule has 0 unspecified atom stereocenters. The fourth-order valence-electron chi connectivity index (χ4n) is 7.74. The van der Waals surface area contributed by atoms with Gasteiger partial charge in [-0.1, -0.05) is 116 Å². The van der Waals surface area contributed by atoms with Gasteiger partial charge in [0, 0.05) is 28.2 Å². The summed E-state index contributed by atoms with van der Waals surface area (Å²) >= 11 is 0. The number of aliphatic imine (C=N–C) groups is 1. The zero-order chi connectivity index (χ0) is 32.2. The average molecular weight is 615 g/mol. The molecule has 0 spiro atoms. The zero-order valence-corrected chi connectivity index (χ0v) is 26.9. The highest BCUT2D eigenvalue weighted by Crippen LogP contribution is 2.42. The lowest BCUT2D eigenvalue weighted by Crippen LogP contribution is -2.04. The molecular weight excluding hydrogens is 581 g/mol. The van der Waals surface area contributed by atoms with Gasteiger partial charge in [-0.3, -0.25) is 4.99 Å². The first-order valence-electron chi connectivity index (χ1n) is 16.7.